The fraction of sp³-hybridized carbons (Fsp3) is 0.318. The van der Waals surface area contributed by atoms with Crippen LogP contribution in [0, 0.1) is 0 Å². The maximum atomic E-state index is 13.0. The molecular formula is C22H24N4OS. The van der Waals surface area contributed by atoms with E-state index in [0.717, 1.165) is 22.1 Å². The molecule has 6 heteroatoms. The Bertz CT molecular complexity index is 898. The predicted molar refractivity (Wildman–Crippen MR) is 111 cm³/mol. The van der Waals surface area contributed by atoms with Crippen molar-refractivity contribution in [3.8, 4) is 0 Å². The number of carbonyl (C=O) groups is 1. The molecule has 1 aliphatic rings. The van der Waals surface area contributed by atoms with Gasteiger partial charge in [0.25, 0.3) is 0 Å². The summed E-state index contributed by atoms with van der Waals surface area (Å²) >= 11 is 1.45. The van der Waals surface area contributed by atoms with Crippen LogP contribution in [0.15, 0.2) is 65.8 Å². The van der Waals surface area contributed by atoms with E-state index in [1.807, 2.05) is 79.2 Å². The third-order valence-corrected chi connectivity index (χ3v) is 6.15. The lowest BCUT2D eigenvalue weighted by Gasteiger charge is -2.22. The largest absolute Gasteiger partial charge is 0.344 e. The molecular weight excluding hydrogens is 368 g/mol. The molecule has 5 nitrogen and oxygen atoms in total. The molecule has 3 aromatic rings. The minimum atomic E-state index is -0.273. The Balaban J connectivity index is 1.49. The fourth-order valence-corrected chi connectivity index (χ4v) is 4.08. The molecule has 1 fully saturated rings. The van der Waals surface area contributed by atoms with Crippen LogP contribution in [0.4, 0.5) is 0 Å². The van der Waals surface area contributed by atoms with Crippen LogP contribution in [-0.4, -0.2) is 25.9 Å². The zero-order valence-corrected chi connectivity index (χ0v) is 16.9. The van der Waals surface area contributed by atoms with E-state index in [4.69, 9.17) is 0 Å². The minimum Gasteiger partial charge on any atom is -0.344 e. The molecule has 1 N–H and O–H groups in total. The quantitative estimate of drug-likeness (QED) is 0.616. The average molecular weight is 393 g/mol. The molecule has 0 radical (unpaired) electrons. The van der Waals surface area contributed by atoms with Crippen LogP contribution in [0.1, 0.15) is 48.7 Å². The number of aromatic nitrogens is 3. The Morgan fingerprint density at radius 2 is 1.61 bits per heavy atom. The van der Waals surface area contributed by atoms with Crippen molar-refractivity contribution in [2.45, 2.75) is 42.1 Å². The number of hydrogen-bond acceptors (Lipinski definition) is 4. The zero-order valence-electron chi connectivity index (χ0n) is 16.1. The molecule has 4 rings (SSSR count). The maximum absolute atomic E-state index is 13.0. The normalized spacial score (nSPS) is 14.8. The third kappa shape index (κ3) is 4.12. The molecule has 1 aromatic heterocycles. The lowest BCUT2D eigenvalue weighted by Crippen LogP contribution is -2.35. The summed E-state index contributed by atoms with van der Waals surface area (Å²) in [6, 6.07) is 19.9. The molecule has 1 amide bonds. The van der Waals surface area contributed by atoms with Gasteiger partial charge in [-0.05, 0) is 30.9 Å². The van der Waals surface area contributed by atoms with Gasteiger partial charge in [-0.3, -0.25) is 4.79 Å². The van der Waals surface area contributed by atoms with E-state index in [0.29, 0.717) is 5.92 Å². The summed E-state index contributed by atoms with van der Waals surface area (Å²) in [5, 5.41) is 12.3. The van der Waals surface area contributed by atoms with E-state index in [1.54, 1.807) is 0 Å². The van der Waals surface area contributed by atoms with Gasteiger partial charge in [0.2, 0.25) is 5.91 Å². The molecule has 1 heterocycles. The van der Waals surface area contributed by atoms with Gasteiger partial charge in [0.05, 0.1) is 11.3 Å². The van der Waals surface area contributed by atoms with Crippen molar-refractivity contribution >= 4 is 17.7 Å². The number of amides is 1. The second-order valence-corrected chi connectivity index (χ2v) is 8.51. The highest BCUT2D eigenvalue weighted by Crippen LogP contribution is 2.39. The number of carbonyl (C=O) groups excluding carboxylic acids is 1. The van der Waals surface area contributed by atoms with Gasteiger partial charge in [-0.25, -0.2) is 0 Å². The molecule has 28 heavy (non-hydrogen) atoms. The topological polar surface area (TPSA) is 59.8 Å². The molecule has 0 bridgehead atoms. The van der Waals surface area contributed by atoms with Gasteiger partial charge in [0, 0.05) is 13.0 Å². The van der Waals surface area contributed by atoms with Gasteiger partial charge < -0.3 is 9.88 Å². The zero-order chi connectivity index (χ0) is 19.5. The van der Waals surface area contributed by atoms with Crippen LogP contribution in [0.25, 0.3) is 0 Å². The Labute approximate surface area is 169 Å². The second-order valence-electron chi connectivity index (χ2n) is 7.20. The molecule has 1 atom stereocenters. The Hall–Kier alpha value is -2.60. The van der Waals surface area contributed by atoms with Crippen LogP contribution in [-0.2, 0) is 11.8 Å². The molecule has 0 spiro atoms. The van der Waals surface area contributed by atoms with Gasteiger partial charge in [0.1, 0.15) is 5.82 Å². The highest BCUT2D eigenvalue weighted by molar-refractivity contribution is 8.00. The SMILES string of the molecule is C[C@H](Sc1nnc(C2CC2)n1C)C(=O)NC(c1ccccc1)c1ccccc1. The summed E-state index contributed by atoms with van der Waals surface area (Å²) in [5.74, 6) is 1.55. The highest BCUT2D eigenvalue weighted by Gasteiger charge is 2.30. The van der Waals surface area contributed by atoms with Crippen LogP contribution < -0.4 is 5.32 Å². The van der Waals surface area contributed by atoms with E-state index in [2.05, 4.69) is 15.5 Å². The van der Waals surface area contributed by atoms with Crippen molar-refractivity contribution in [1.82, 2.24) is 20.1 Å². The summed E-state index contributed by atoms with van der Waals surface area (Å²) in [5.41, 5.74) is 2.13. The third-order valence-electron chi connectivity index (χ3n) is 5.01. The molecule has 0 aliphatic heterocycles. The summed E-state index contributed by atoms with van der Waals surface area (Å²) in [4.78, 5) is 13.0. The number of hydrogen-bond donors (Lipinski definition) is 1. The monoisotopic (exact) mass is 392 g/mol. The number of thioether (sulfide) groups is 1. The first-order valence-corrected chi connectivity index (χ1v) is 10.5. The maximum Gasteiger partial charge on any atom is 0.234 e. The molecule has 144 valence electrons. The van der Waals surface area contributed by atoms with E-state index in [1.165, 1.54) is 24.6 Å². The molecule has 1 aliphatic carbocycles. The van der Waals surface area contributed by atoms with Crippen LogP contribution in [0.3, 0.4) is 0 Å². The summed E-state index contributed by atoms with van der Waals surface area (Å²) in [6.07, 6.45) is 2.37. The van der Waals surface area contributed by atoms with Gasteiger partial charge in [-0.2, -0.15) is 0 Å². The summed E-state index contributed by atoms with van der Waals surface area (Å²) in [6.45, 7) is 1.92. The standard InChI is InChI=1S/C22H24N4OS/c1-15(28-22-25-24-20(26(22)2)18-13-14-18)21(27)23-19(16-9-5-3-6-10-16)17-11-7-4-8-12-17/h3-12,15,18-19H,13-14H2,1-2H3,(H,23,27)/t15-/m0/s1. The first kappa shape index (κ1) is 18.7. The van der Waals surface area contributed by atoms with Crippen LogP contribution >= 0.6 is 11.8 Å². The highest BCUT2D eigenvalue weighted by atomic mass is 32.2. The van der Waals surface area contributed by atoms with Gasteiger partial charge >= 0.3 is 0 Å². The molecule has 0 saturated heterocycles. The van der Waals surface area contributed by atoms with E-state index in [-0.39, 0.29) is 17.2 Å². The molecule has 1 saturated carbocycles. The number of rotatable bonds is 7. The summed E-state index contributed by atoms with van der Waals surface area (Å²) in [7, 11) is 1.98. The van der Waals surface area contributed by atoms with Crippen LogP contribution in [0.5, 0.6) is 0 Å². The van der Waals surface area contributed by atoms with Crippen molar-refractivity contribution < 1.29 is 4.79 Å². The van der Waals surface area contributed by atoms with Crippen LogP contribution in [0.2, 0.25) is 0 Å². The van der Waals surface area contributed by atoms with Gasteiger partial charge in [-0.15, -0.1) is 10.2 Å². The van der Waals surface area contributed by atoms with Crippen molar-refractivity contribution in [2.75, 3.05) is 0 Å². The van der Waals surface area contributed by atoms with Crippen molar-refractivity contribution in [1.29, 1.82) is 0 Å². The minimum absolute atomic E-state index is 0.0151. The Morgan fingerprint density at radius 1 is 1.04 bits per heavy atom. The molecule has 0 unspecified atom stereocenters. The average Bonchev–Trinajstić information content (AvgIpc) is 3.51. The van der Waals surface area contributed by atoms with E-state index < -0.39 is 0 Å². The van der Waals surface area contributed by atoms with Crippen molar-refractivity contribution in [3.63, 3.8) is 0 Å². The first-order valence-electron chi connectivity index (χ1n) is 9.59. The lowest BCUT2D eigenvalue weighted by atomic mass is 9.98. The second kappa shape index (κ2) is 8.19. The van der Waals surface area contributed by atoms with Gasteiger partial charge in [0.15, 0.2) is 5.16 Å². The Morgan fingerprint density at radius 3 is 2.14 bits per heavy atom. The van der Waals surface area contributed by atoms with Crippen molar-refractivity contribution in [2.24, 2.45) is 7.05 Å². The predicted octanol–water partition coefficient (Wildman–Crippen LogP) is 4.08. The van der Waals surface area contributed by atoms with Gasteiger partial charge in [-0.1, -0.05) is 72.4 Å². The van der Waals surface area contributed by atoms with Crippen molar-refractivity contribution in [3.05, 3.63) is 77.6 Å². The Kier molecular flexibility index (Phi) is 5.48. The smallest absolute Gasteiger partial charge is 0.234 e. The van der Waals surface area contributed by atoms with E-state index in [9.17, 15) is 4.79 Å². The van der Waals surface area contributed by atoms with E-state index >= 15 is 0 Å². The number of nitrogens with one attached hydrogen (secondary N) is 1. The summed E-state index contributed by atoms with van der Waals surface area (Å²) < 4.78 is 2.03. The molecule has 2 aromatic carbocycles. The fourth-order valence-electron chi connectivity index (χ4n) is 3.25. The lowest BCUT2D eigenvalue weighted by molar-refractivity contribution is -0.120. The number of benzene rings is 2. The first-order chi connectivity index (χ1) is 13.6. The number of nitrogens with zero attached hydrogens (tertiary/aromatic N) is 3.